The SMILES string of the molecule is CC(N)(C(=O)Nc1ccc(CCN2CCCC2)cc1)c1ccccc1.Cl.Cl. The molecule has 27 heavy (non-hydrogen) atoms. The Bertz CT molecular complexity index is 699. The summed E-state index contributed by atoms with van der Waals surface area (Å²) in [5.41, 5.74) is 8.08. The van der Waals surface area contributed by atoms with Crippen LogP contribution in [-0.2, 0) is 16.8 Å². The zero-order chi connectivity index (χ0) is 17.7. The van der Waals surface area contributed by atoms with Crippen molar-refractivity contribution in [2.24, 2.45) is 5.73 Å². The van der Waals surface area contributed by atoms with Gasteiger partial charge in [-0.15, -0.1) is 24.8 Å². The Hall–Kier alpha value is -1.59. The van der Waals surface area contributed by atoms with E-state index in [1.54, 1.807) is 6.92 Å². The lowest BCUT2D eigenvalue weighted by molar-refractivity contribution is -0.120. The highest BCUT2D eigenvalue weighted by Gasteiger charge is 2.30. The van der Waals surface area contributed by atoms with Crippen molar-refractivity contribution >= 4 is 36.4 Å². The number of hydrogen-bond donors (Lipinski definition) is 2. The van der Waals surface area contributed by atoms with E-state index in [-0.39, 0.29) is 30.7 Å². The average Bonchev–Trinajstić information content (AvgIpc) is 3.15. The summed E-state index contributed by atoms with van der Waals surface area (Å²) in [6, 6.07) is 17.5. The van der Waals surface area contributed by atoms with E-state index in [1.165, 1.54) is 31.5 Å². The van der Waals surface area contributed by atoms with Gasteiger partial charge in [0, 0.05) is 12.2 Å². The molecular formula is C21H29Cl2N3O. The first-order valence-corrected chi connectivity index (χ1v) is 9.03. The number of carbonyl (C=O) groups excluding carboxylic acids is 1. The molecule has 6 heteroatoms. The zero-order valence-corrected chi connectivity index (χ0v) is 17.3. The van der Waals surface area contributed by atoms with Crippen LogP contribution in [0.3, 0.4) is 0 Å². The normalized spacial score (nSPS) is 15.9. The number of halogens is 2. The lowest BCUT2D eigenvalue weighted by Gasteiger charge is -2.24. The zero-order valence-electron chi connectivity index (χ0n) is 15.7. The molecule has 1 heterocycles. The van der Waals surface area contributed by atoms with Crippen LogP contribution in [0.1, 0.15) is 30.9 Å². The third kappa shape index (κ3) is 6.22. The van der Waals surface area contributed by atoms with Crippen molar-refractivity contribution in [3.8, 4) is 0 Å². The standard InChI is InChI=1S/C21H27N3O.2ClH/c1-21(22,18-7-3-2-4-8-18)20(25)23-19-11-9-17(10-12-19)13-16-24-14-5-6-15-24;;/h2-4,7-12H,5-6,13-16,22H2,1H3,(H,23,25);2*1H. The van der Waals surface area contributed by atoms with Crippen LogP contribution in [0.15, 0.2) is 54.6 Å². The third-order valence-corrected chi connectivity index (χ3v) is 4.97. The monoisotopic (exact) mass is 409 g/mol. The molecule has 4 nitrogen and oxygen atoms in total. The van der Waals surface area contributed by atoms with Crippen molar-refractivity contribution in [2.75, 3.05) is 25.0 Å². The maximum Gasteiger partial charge on any atom is 0.248 e. The molecular weight excluding hydrogens is 381 g/mol. The molecule has 2 aromatic rings. The molecule has 1 unspecified atom stereocenters. The summed E-state index contributed by atoms with van der Waals surface area (Å²) in [5, 5.41) is 2.93. The molecule has 1 saturated heterocycles. The maximum absolute atomic E-state index is 12.6. The lowest BCUT2D eigenvalue weighted by Crippen LogP contribution is -2.45. The largest absolute Gasteiger partial charge is 0.324 e. The first-order chi connectivity index (χ1) is 12.1. The van der Waals surface area contributed by atoms with Crippen LogP contribution in [-0.4, -0.2) is 30.4 Å². The minimum absolute atomic E-state index is 0. The molecule has 1 amide bonds. The van der Waals surface area contributed by atoms with Crippen molar-refractivity contribution in [3.05, 3.63) is 65.7 Å². The summed E-state index contributed by atoms with van der Waals surface area (Å²) in [7, 11) is 0. The molecule has 3 N–H and O–H groups in total. The van der Waals surface area contributed by atoms with E-state index < -0.39 is 5.54 Å². The molecule has 1 aliphatic heterocycles. The maximum atomic E-state index is 12.6. The molecule has 0 aliphatic carbocycles. The summed E-state index contributed by atoms with van der Waals surface area (Å²) in [4.78, 5) is 15.1. The van der Waals surface area contributed by atoms with Crippen LogP contribution in [0.2, 0.25) is 0 Å². The van der Waals surface area contributed by atoms with Gasteiger partial charge in [-0.25, -0.2) is 0 Å². The predicted molar refractivity (Wildman–Crippen MR) is 117 cm³/mol. The molecule has 0 spiro atoms. The number of likely N-dealkylation sites (tertiary alicyclic amines) is 1. The Morgan fingerprint density at radius 2 is 1.63 bits per heavy atom. The number of benzene rings is 2. The van der Waals surface area contributed by atoms with Gasteiger partial charge >= 0.3 is 0 Å². The first-order valence-electron chi connectivity index (χ1n) is 9.03. The van der Waals surface area contributed by atoms with Crippen molar-refractivity contribution in [2.45, 2.75) is 31.7 Å². The summed E-state index contributed by atoms with van der Waals surface area (Å²) >= 11 is 0. The number of nitrogens with zero attached hydrogens (tertiary/aromatic N) is 1. The summed E-state index contributed by atoms with van der Waals surface area (Å²) < 4.78 is 0. The molecule has 1 atom stereocenters. The van der Waals surface area contributed by atoms with E-state index in [2.05, 4.69) is 22.3 Å². The van der Waals surface area contributed by atoms with Gasteiger partial charge in [0.1, 0.15) is 5.54 Å². The van der Waals surface area contributed by atoms with E-state index in [1.807, 2.05) is 42.5 Å². The van der Waals surface area contributed by atoms with Crippen LogP contribution in [0.4, 0.5) is 5.69 Å². The number of anilines is 1. The van der Waals surface area contributed by atoms with E-state index in [0.29, 0.717) is 0 Å². The molecule has 148 valence electrons. The molecule has 1 aliphatic rings. The van der Waals surface area contributed by atoms with E-state index in [0.717, 1.165) is 24.2 Å². The van der Waals surface area contributed by atoms with Gasteiger partial charge in [0.15, 0.2) is 0 Å². The summed E-state index contributed by atoms with van der Waals surface area (Å²) in [5.74, 6) is -0.205. The molecule has 0 aromatic heterocycles. The number of rotatable bonds is 6. The van der Waals surface area contributed by atoms with E-state index in [4.69, 9.17) is 5.73 Å². The molecule has 1 fully saturated rings. The lowest BCUT2D eigenvalue weighted by atomic mass is 9.92. The van der Waals surface area contributed by atoms with Gasteiger partial charge in [-0.05, 0) is 62.5 Å². The predicted octanol–water partition coefficient (Wildman–Crippen LogP) is 3.98. The molecule has 3 rings (SSSR count). The summed E-state index contributed by atoms with van der Waals surface area (Å²) in [6.07, 6.45) is 3.70. The average molecular weight is 410 g/mol. The molecule has 0 saturated carbocycles. The van der Waals surface area contributed by atoms with Crippen molar-refractivity contribution in [1.29, 1.82) is 0 Å². The van der Waals surface area contributed by atoms with E-state index in [9.17, 15) is 4.79 Å². The van der Waals surface area contributed by atoms with Crippen LogP contribution in [0.5, 0.6) is 0 Å². The number of nitrogens with two attached hydrogens (primary N) is 1. The van der Waals surface area contributed by atoms with Gasteiger partial charge in [0.05, 0.1) is 0 Å². The Morgan fingerprint density at radius 1 is 1.04 bits per heavy atom. The van der Waals surface area contributed by atoms with Crippen molar-refractivity contribution in [1.82, 2.24) is 4.90 Å². The van der Waals surface area contributed by atoms with Crippen LogP contribution in [0.25, 0.3) is 0 Å². The molecule has 0 radical (unpaired) electrons. The van der Waals surface area contributed by atoms with Crippen LogP contribution >= 0.6 is 24.8 Å². The van der Waals surface area contributed by atoms with Gasteiger partial charge in [0.25, 0.3) is 0 Å². The van der Waals surface area contributed by atoms with Crippen molar-refractivity contribution in [3.63, 3.8) is 0 Å². The fourth-order valence-corrected chi connectivity index (χ4v) is 3.22. The first kappa shape index (κ1) is 23.4. The number of hydrogen-bond acceptors (Lipinski definition) is 3. The van der Waals surface area contributed by atoms with Crippen LogP contribution < -0.4 is 11.1 Å². The molecule has 0 bridgehead atoms. The van der Waals surface area contributed by atoms with Crippen LogP contribution in [0, 0.1) is 0 Å². The minimum Gasteiger partial charge on any atom is -0.324 e. The highest BCUT2D eigenvalue weighted by Crippen LogP contribution is 2.20. The third-order valence-electron chi connectivity index (χ3n) is 4.97. The highest BCUT2D eigenvalue weighted by molar-refractivity contribution is 5.98. The Kier molecular flexibility index (Phi) is 9.27. The Balaban J connectivity index is 0.00000182. The van der Waals surface area contributed by atoms with Gasteiger partial charge in [-0.1, -0.05) is 42.5 Å². The Morgan fingerprint density at radius 3 is 2.22 bits per heavy atom. The van der Waals surface area contributed by atoms with E-state index >= 15 is 0 Å². The fraction of sp³-hybridized carbons (Fsp3) is 0.381. The second kappa shape index (κ2) is 10.7. The minimum atomic E-state index is -1.06. The quantitative estimate of drug-likeness (QED) is 0.758. The second-order valence-corrected chi connectivity index (χ2v) is 7.02. The van der Waals surface area contributed by atoms with Gasteiger partial charge in [-0.2, -0.15) is 0 Å². The van der Waals surface area contributed by atoms with Gasteiger partial charge in [-0.3, -0.25) is 4.79 Å². The fourth-order valence-electron chi connectivity index (χ4n) is 3.22. The number of carbonyl (C=O) groups is 1. The molecule has 2 aromatic carbocycles. The number of amides is 1. The van der Waals surface area contributed by atoms with Gasteiger partial charge in [0.2, 0.25) is 5.91 Å². The smallest absolute Gasteiger partial charge is 0.248 e. The Labute approximate surface area is 174 Å². The second-order valence-electron chi connectivity index (χ2n) is 7.02. The summed E-state index contributed by atoms with van der Waals surface area (Å²) in [6.45, 7) is 5.30. The van der Waals surface area contributed by atoms with Gasteiger partial charge < -0.3 is 16.0 Å². The van der Waals surface area contributed by atoms with Crippen molar-refractivity contribution < 1.29 is 4.79 Å². The number of nitrogens with one attached hydrogen (secondary N) is 1. The highest BCUT2D eigenvalue weighted by atomic mass is 35.5. The topological polar surface area (TPSA) is 58.4 Å².